The van der Waals surface area contributed by atoms with E-state index in [0.717, 1.165) is 44.7 Å². The molecule has 2 saturated heterocycles. The molecule has 2 aliphatic heterocycles. The molecule has 9 heteroatoms. The number of amides is 1. The number of hydrogen-bond donors (Lipinski definition) is 0. The Morgan fingerprint density at radius 3 is 2.26 bits per heavy atom. The van der Waals surface area contributed by atoms with Gasteiger partial charge in [0.1, 0.15) is 0 Å². The van der Waals surface area contributed by atoms with Gasteiger partial charge in [-0.1, -0.05) is 26.7 Å². The number of aromatic nitrogens is 3. The first-order valence-electron chi connectivity index (χ1n) is 12.4. The number of hydrogen-bond acceptors (Lipinski definition) is 4. The van der Waals surface area contributed by atoms with Crippen LogP contribution in [0.1, 0.15) is 79.9 Å². The third kappa shape index (κ3) is 5.62. The molecule has 186 valence electrons. The fourth-order valence-corrected chi connectivity index (χ4v) is 5.11. The zero-order chi connectivity index (χ0) is 24.3. The van der Waals surface area contributed by atoms with Crippen molar-refractivity contribution < 1.29 is 18.0 Å². The number of pyridine rings is 1. The summed E-state index contributed by atoms with van der Waals surface area (Å²) in [6.07, 6.45) is 5.10. The van der Waals surface area contributed by atoms with Crippen LogP contribution in [0.25, 0.3) is 5.82 Å². The molecule has 4 heterocycles. The lowest BCUT2D eigenvalue weighted by Gasteiger charge is -2.34. The van der Waals surface area contributed by atoms with E-state index in [4.69, 9.17) is 0 Å². The van der Waals surface area contributed by atoms with E-state index in [0.29, 0.717) is 17.2 Å². The molecule has 34 heavy (non-hydrogen) atoms. The van der Waals surface area contributed by atoms with E-state index < -0.39 is 11.7 Å². The second-order valence-electron chi connectivity index (χ2n) is 9.86. The van der Waals surface area contributed by atoms with Gasteiger partial charge in [0.2, 0.25) is 0 Å². The van der Waals surface area contributed by atoms with E-state index in [1.807, 2.05) is 18.7 Å². The molecule has 2 aromatic heterocycles. The fourth-order valence-electron chi connectivity index (χ4n) is 5.11. The van der Waals surface area contributed by atoms with Crippen LogP contribution >= 0.6 is 0 Å². The average molecular weight is 478 g/mol. The largest absolute Gasteiger partial charge is 0.417 e. The molecule has 6 nitrogen and oxygen atoms in total. The van der Waals surface area contributed by atoms with Gasteiger partial charge in [0.05, 0.1) is 23.0 Å². The van der Waals surface area contributed by atoms with Gasteiger partial charge in [0.25, 0.3) is 5.91 Å². The zero-order valence-electron chi connectivity index (χ0n) is 20.0. The maximum absolute atomic E-state index is 13.4. The quantitative estimate of drug-likeness (QED) is 0.599. The Bertz CT molecular complexity index is 954. The number of carbonyl (C=O) groups is 1. The summed E-state index contributed by atoms with van der Waals surface area (Å²) in [5, 5.41) is 4.34. The van der Waals surface area contributed by atoms with Crippen LogP contribution in [-0.4, -0.2) is 63.2 Å². The second kappa shape index (κ2) is 10.5. The Morgan fingerprint density at radius 1 is 1.03 bits per heavy atom. The highest BCUT2D eigenvalue weighted by atomic mass is 19.4. The number of piperidine rings is 1. The molecule has 0 unspecified atom stereocenters. The van der Waals surface area contributed by atoms with Gasteiger partial charge in [-0.15, -0.1) is 0 Å². The Morgan fingerprint density at radius 2 is 1.71 bits per heavy atom. The molecule has 0 bridgehead atoms. The predicted molar refractivity (Wildman–Crippen MR) is 124 cm³/mol. The second-order valence-corrected chi connectivity index (χ2v) is 9.86. The monoisotopic (exact) mass is 477 g/mol. The van der Waals surface area contributed by atoms with Gasteiger partial charge in [-0.3, -0.25) is 4.79 Å². The van der Waals surface area contributed by atoms with Crippen molar-refractivity contribution in [2.45, 2.75) is 64.5 Å². The average Bonchev–Trinajstić information content (AvgIpc) is 3.10. The summed E-state index contributed by atoms with van der Waals surface area (Å²) in [7, 11) is 0. The van der Waals surface area contributed by atoms with Crippen LogP contribution in [0.2, 0.25) is 0 Å². The third-order valence-corrected chi connectivity index (χ3v) is 6.99. The SMILES string of the molecule is CC(C)c1c(C(=O)N2CCC(CN3CCCCCC3)CC2)cnn1-c1ccc(C(F)(F)F)cn1. The zero-order valence-corrected chi connectivity index (χ0v) is 20.0. The van der Waals surface area contributed by atoms with E-state index in [2.05, 4.69) is 15.0 Å². The predicted octanol–water partition coefficient (Wildman–Crippen LogP) is 5.14. The topological polar surface area (TPSA) is 54.3 Å². The van der Waals surface area contributed by atoms with Crippen LogP contribution in [0.4, 0.5) is 13.2 Å². The molecule has 2 aliphatic rings. The highest BCUT2D eigenvalue weighted by molar-refractivity contribution is 5.95. The van der Waals surface area contributed by atoms with Crippen molar-refractivity contribution in [3.8, 4) is 5.82 Å². The lowest BCUT2D eigenvalue weighted by molar-refractivity contribution is -0.137. The Balaban J connectivity index is 1.44. The van der Waals surface area contributed by atoms with Gasteiger partial charge < -0.3 is 9.80 Å². The van der Waals surface area contributed by atoms with E-state index in [9.17, 15) is 18.0 Å². The van der Waals surface area contributed by atoms with Crippen molar-refractivity contribution in [1.29, 1.82) is 0 Å². The Labute approximate surface area is 199 Å². The molecule has 0 N–H and O–H groups in total. The van der Waals surface area contributed by atoms with Gasteiger partial charge in [-0.25, -0.2) is 9.67 Å². The van der Waals surface area contributed by atoms with Gasteiger partial charge in [0.15, 0.2) is 5.82 Å². The molecule has 0 saturated carbocycles. The minimum absolute atomic E-state index is 0.0499. The minimum Gasteiger partial charge on any atom is -0.339 e. The smallest absolute Gasteiger partial charge is 0.339 e. The molecule has 2 aromatic rings. The molecule has 1 amide bonds. The Kier molecular flexibility index (Phi) is 7.60. The van der Waals surface area contributed by atoms with Gasteiger partial charge in [-0.05, 0) is 62.7 Å². The normalized spacial score (nSPS) is 18.9. The van der Waals surface area contributed by atoms with Crippen LogP contribution in [0.5, 0.6) is 0 Å². The van der Waals surface area contributed by atoms with Crippen molar-refractivity contribution in [3.63, 3.8) is 0 Å². The molecular weight excluding hydrogens is 443 g/mol. The van der Waals surface area contributed by atoms with Crippen molar-refractivity contribution in [2.24, 2.45) is 5.92 Å². The van der Waals surface area contributed by atoms with Crippen molar-refractivity contribution in [2.75, 3.05) is 32.7 Å². The van der Waals surface area contributed by atoms with Crippen molar-refractivity contribution in [1.82, 2.24) is 24.6 Å². The minimum atomic E-state index is -4.45. The number of rotatable bonds is 5. The first-order valence-corrected chi connectivity index (χ1v) is 12.4. The summed E-state index contributed by atoms with van der Waals surface area (Å²) in [5.74, 6) is 0.777. The summed E-state index contributed by atoms with van der Waals surface area (Å²) in [5.41, 5.74) is 0.362. The summed E-state index contributed by atoms with van der Waals surface area (Å²) in [6.45, 7) is 8.83. The van der Waals surface area contributed by atoms with Gasteiger partial charge in [-0.2, -0.15) is 18.3 Å². The van der Waals surface area contributed by atoms with E-state index in [-0.39, 0.29) is 17.6 Å². The molecule has 0 radical (unpaired) electrons. The van der Waals surface area contributed by atoms with Crippen LogP contribution < -0.4 is 0 Å². The molecule has 0 spiro atoms. The summed E-state index contributed by atoms with van der Waals surface area (Å²) < 4.78 is 40.2. The summed E-state index contributed by atoms with van der Waals surface area (Å²) in [4.78, 5) is 21.8. The molecule has 0 aromatic carbocycles. The first-order chi connectivity index (χ1) is 16.2. The molecule has 4 rings (SSSR count). The standard InChI is InChI=1S/C25H34F3N5O/c1-18(2)23-21(16-30-33(23)22-8-7-20(15-29-22)25(26,27)28)24(34)32-13-9-19(10-14-32)17-31-11-5-3-4-6-12-31/h7-8,15-16,18-19H,3-6,9-14,17H2,1-2H3. The maximum Gasteiger partial charge on any atom is 0.417 e. The van der Waals surface area contributed by atoms with Crippen LogP contribution in [0.15, 0.2) is 24.5 Å². The Hall–Kier alpha value is -2.42. The number of nitrogens with zero attached hydrogens (tertiary/aromatic N) is 5. The number of likely N-dealkylation sites (tertiary alicyclic amines) is 2. The van der Waals surface area contributed by atoms with Crippen molar-refractivity contribution >= 4 is 5.91 Å². The summed E-state index contributed by atoms with van der Waals surface area (Å²) in [6, 6.07) is 2.29. The van der Waals surface area contributed by atoms with Crippen LogP contribution in [0, 0.1) is 5.92 Å². The third-order valence-electron chi connectivity index (χ3n) is 6.99. The molecular formula is C25H34F3N5O. The highest BCUT2D eigenvalue weighted by Gasteiger charge is 2.32. The number of halogens is 3. The van der Waals surface area contributed by atoms with E-state index >= 15 is 0 Å². The molecule has 0 aliphatic carbocycles. The number of carbonyl (C=O) groups excluding carboxylic acids is 1. The fraction of sp³-hybridized carbons (Fsp3) is 0.640. The lowest BCUT2D eigenvalue weighted by atomic mass is 9.95. The van der Waals surface area contributed by atoms with Crippen LogP contribution in [0.3, 0.4) is 0 Å². The number of alkyl halides is 3. The van der Waals surface area contributed by atoms with Gasteiger partial charge in [0, 0.05) is 25.8 Å². The highest BCUT2D eigenvalue weighted by Crippen LogP contribution is 2.30. The summed E-state index contributed by atoms with van der Waals surface area (Å²) >= 11 is 0. The first kappa shape index (κ1) is 24.7. The lowest BCUT2D eigenvalue weighted by Crippen LogP contribution is -2.42. The van der Waals surface area contributed by atoms with Crippen LogP contribution in [-0.2, 0) is 6.18 Å². The van der Waals surface area contributed by atoms with E-state index in [1.165, 1.54) is 55.7 Å². The van der Waals surface area contributed by atoms with Crippen molar-refractivity contribution in [3.05, 3.63) is 41.3 Å². The molecule has 0 atom stereocenters. The van der Waals surface area contributed by atoms with E-state index in [1.54, 1.807) is 0 Å². The molecule has 2 fully saturated rings. The maximum atomic E-state index is 13.4. The van der Waals surface area contributed by atoms with Gasteiger partial charge >= 0.3 is 6.18 Å².